The molecule has 0 radical (unpaired) electrons. The second kappa shape index (κ2) is 3.90. The highest BCUT2D eigenvalue weighted by atomic mass is 16.5. The minimum Gasteiger partial charge on any atom is -0.481 e. The number of ether oxygens (including phenoxy) is 1. The van der Waals surface area contributed by atoms with Crippen LogP contribution in [0.3, 0.4) is 0 Å². The van der Waals surface area contributed by atoms with Gasteiger partial charge < -0.3 is 21.0 Å². The Kier molecular flexibility index (Phi) is 2.71. The zero-order valence-electron chi connectivity index (χ0n) is 9.08. The lowest BCUT2D eigenvalue weighted by Crippen LogP contribution is -2.45. The van der Waals surface area contributed by atoms with E-state index in [1.165, 1.54) is 0 Å². The van der Waals surface area contributed by atoms with Crippen molar-refractivity contribution in [3.63, 3.8) is 0 Å². The largest absolute Gasteiger partial charge is 0.481 e. The van der Waals surface area contributed by atoms with Gasteiger partial charge in [-0.05, 0) is 24.8 Å². The van der Waals surface area contributed by atoms with Crippen LogP contribution >= 0.6 is 0 Å². The second-order valence-corrected chi connectivity index (χ2v) is 4.55. The third-order valence-corrected chi connectivity index (χ3v) is 3.38. The third kappa shape index (κ3) is 1.95. The van der Waals surface area contributed by atoms with Crippen molar-refractivity contribution in [3.8, 4) is 0 Å². The molecule has 4 N–H and O–H groups in total. The van der Waals surface area contributed by atoms with Crippen molar-refractivity contribution in [3.05, 3.63) is 11.3 Å². The molecule has 1 heterocycles. The first-order chi connectivity index (χ1) is 7.52. The summed E-state index contributed by atoms with van der Waals surface area (Å²) >= 11 is 0. The van der Waals surface area contributed by atoms with Crippen molar-refractivity contribution in [1.82, 2.24) is 0 Å². The molecule has 2 rings (SSSR count). The van der Waals surface area contributed by atoms with Crippen LogP contribution in [0.5, 0.6) is 0 Å². The summed E-state index contributed by atoms with van der Waals surface area (Å²) in [6.07, 6.45) is 3.46. The van der Waals surface area contributed by atoms with Gasteiger partial charge >= 0.3 is 5.97 Å². The normalized spacial score (nSPS) is 23.0. The second-order valence-electron chi connectivity index (χ2n) is 4.55. The van der Waals surface area contributed by atoms with E-state index in [9.17, 15) is 4.79 Å². The minimum atomic E-state index is -0.987. The molecule has 1 aliphatic heterocycles. The highest BCUT2D eigenvalue weighted by Gasteiger charge is 2.42. The van der Waals surface area contributed by atoms with Gasteiger partial charge in [0.05, 0.1) is 18.6 Å². The molecule has 16 heavy (non-hydrogen) atoms. The Hall–Kier alpha value is -1.36. The first kappa shape index (κ1) is 11.1. The molecule has 0 aromatic rings. The Bertz CT molecular complexity index is 369. The lowest BCUT2D eigenvalue weighted by Gasteiger charge is -2.45. The standard InChI is InChI=1S/C11H16N2O3/c12-8(4-10(14)15)7-5-11(2-1-3-11)16-6-9(7)13/h12H,1-6,13H2,(H,14,15). The molecule has 88 valence electrons. The van der Waals surface area contributed by atoms with Crippen LogP contribution in [0.4, 0.5) is 0 Å². The molecule has 0 unspecified atom stereocenters. The Balaban J connectivity index is 2.11. The van der Waals surface area contributed by atoms with E-state index in [1.807, 2.05) is 0 Å². The average Bonchev–Trinajstić information content (AvgIpc) is 2.15. The molecule has 0 bridgehead atoms. The van der Waals surface area contributed by atoms with E-state index in [0.717, 1.165) is 19.3 Å². The molecule has 2 aliphatic rings. The van der Waals surface area contributed by atoms with E-state index in [0.29, 0.717) is 24.3 Å². The van der Waals surface area contributed by atoms with Crippen molar-refractivity contribution in [2.24, 2.45) is 5.73 Å². The fourth-order valence-corrected chi connectivity index (χ4v) is 2.26. The van der Waals surface area contributed by atoms with E-state index < -0.39 is 5.97 Å². The molecule has 0 aromatic heterocycles. The summed E-state index contributed by atoms with van der Waals surface area (Å²) in [5.41, 5.74) is 6.96. The van der Waals surface area contributed by atoms with Crippen molar-refractivity contribution in [1.29, 1.82) is 5.41 Å². The van der Waals surface area contributed by atoms with Crippen LogP contribution in [0.25, 0.3) is 0 Å². The number of hydrogen-bond donors (Lipinski definition) is 3. The van der Waals surface area contributed by atoms with Gasteiger partial charge in [-0.15, -0.1) is 0 Å². The molecule has 1 spiro atoms. The van der Waals surface area contributed by atoms with E-state index >= 15 is 0 Å². The average molecular weight is 224 g/mol. The number of carboxylic acid groups (broad SMARTS) is 1. The van der Waals surface area contributed by atoms with Crippen LogP contribution in [0, 0.1) is 5.41 Å². The SMILES string of the molecule is N=C(CC(=O)O)C1=C(N)COC2(CCC2)C1. The predicted molar refractivity (Wildman–Crippen MR) is 58.3 cm³/mol. The molecule has 5 heteroatoms. The maximum Gasteiger partial charge on any atom is 0.309 e. The van der Waals surface area contributed by atoms with E-state index in [2.05, 4.69) is 0 Å². The lowest BCUT2D eigenvalue weighted by atomic mass is 9.73. The molecule has 5 nitrogen and oxygen atoms in total. The van der Waals surface area contributed by atoms with Crippen LogP contribution in [0.2, 0.25) is 0 Å². The first-order valence-corrected chi connectivity index (χ1v) is 5.43. The zero-order valence-corrected chi connectivity index (χ0v) is 9.08. The molecule has 1 fully saturated rings. The summed E-state index contributed by atoms with van der Waals surface area (Å²) in [5.74, 6) is -0.987. The maximum atomic E-state index is 10.6. The van der Waals surface area contributed by atoms with E-state index in [-0.39, 0.29) is 17.7 Å². The lowest BCUT2D eigenvalue weighted by molar-refractivity contribution is -0.135. The van der Waals surface area contributed by atoms with Gasteiger partial charge in [0.25, 0.3) is 0 Å². The molecule has 0 aromatic carbocycles. The van der Waals surface area contributed by atoms with Gasteiger partial charge in [-0.2, -0.15) is 0 Å². The highest BCUT2D eigenvalue weighted by Crippen LogP contribution is 2.43. The van der Waals surface area contributed by atoms with Crippen LogP contribution in [0.15, 0.2) is 11.3 Å². The molecule has 1 saturated carbocycles. The summed E-state index contributed by atoms with van der Waals surface area (Å²) in [4.78, 5) is 10.6. The van der Waals surface area contributed by atoms with Crippen LogP contribution < -0.4 is 5.73 Å². The minimum absolute atomic E-state index is 0.125. The summed E-state index contributed by atoms with van der Waals surface area (Å²) in [6, 6.07) is 0. The summed E-state index contributed by atoms with van der Waals surface area (Å²) in [7, 11) is 0. The summed E-state index contributed by atoms with van der Waals surface area (Å²) in [6.45, 7) is 0.331. The number of carbonyl (C=O) groups is 1. The van der Waals surface area contributed by atoms with Gasteiger partial charge in [-0.1, -0.05) is 0 Å². The molecular weight excluding hydrogens is 208 g/mol. The Morgan fingerprint density at radius 2 is 2.25 bits per heavy atom. The monoisotopic (exact) mass is 224 g/mol. The van der Waals surface area contributed by atoms with Crippen molar-refractivity contribution < 1.29 is 14.6 Å². The molecule has 0 atom stereocenters. The van der Waals surface area contributed by atoms with Gasteiger partial charge in [0.2, 0.25) is 0 Å². The van der Waals surface area contributed by atoms with Gasteiger partial charge in [0.1, 0.15) is 0 Å². The van der Waals surface area contributed by atoms with Gasteiger partial charge in [0.15, 0.2) is 0 Å². The third-order valence-electron chi connectivity index (χ3n) is 3.38. The Morgan fingerprint density at radius 3 is 2.75 bits per heavy atom. The number of nitrogens with two attached hydrogens (primary N) is 1. The topological polar surface area (TPSA) is 96.4 Å². The predicted octanol–water partition coefficient (Wildman–Crippen LogP) is 1.04. The summed E-state index contributed by atoms with van der Waals surface area (Å²) < 4.78 is 5.67. The number of nitrogens with one attached hydrogen (secondary N) is 1. The fraction of sp³-hybridized carbons (Fsp3) is 0.636. The smallest absolute Gasteiger partial charge is 0.309 e. The van der Waals surface area contributed by atoms with Crippen LogP contribution in [-0.4, -0.2) is 29.0 Å². The maximum absolute atomic E-state index is 10.6. The quantitative estimate of drug-likeness (QED) is 0.624. The van der Waals surface area contributed by atoms with Gasteiger partial charge in [-0.25, -0.2) is 0 Å². The van der Waals surface area contributed by atoms with Crippen molar-refractivity contribution in [2.75, 3.05) is 6.61 Å². The van der Waals surface area contributed by atoms with Gasteiger partial charge in [-0.3, -0.25) is 4.79 Å². The van der Waals surface area contributed by atoms with Crippen molar-refractivity contribution in [2.45, 2.75) is 37.7 Å². The first-order valence-electron chi connectivity index (χ1n) is 5.43. The highest BCUT2D eigenvalue weighted by molar-refractivity contribution is 6.07. The van der Waals surface area contributed by atoms with Gasteiger partial charge in [0, 0.05) is 17.8 Å². The molecule has 1 aliphatic carbocycles. The Morgan fingerprint density at radius 1 is 1.56 bits per heavy atom. The van der Waals surface area contributed by atoms with E-state index in [4.69, 9.17) is 21.0 Å². The summed E-state index contributed by atoms with van der Waals surface area (Å²) in [5, 5.41) is 16.4. The van der Waals surface area contributed by atoms with E-state index in [1.54, 1.807) is 0 Å². The number of rotatable bonds is 3. The molecular formula is C11H16N2O3. The Labute approximate surface area is 93.8 Å². The van der Waals surface area contributed by atoms with Crippen LogP contribution in [0.1, 0.15) is 32.1 Å². The number of carboxylic acids is 1. The molecule has 0 amide bonds. The number of aliphatic carboxylic acids is 1. The van der Waals surface area contributed by atoms with Crippen molar-refractivity contribution >= 4 is 11.7 Å². The van der Waals surface area contributed by atoms with Crippen LogP contribution in [-0.2, 0) is 9.53 Å². The zero-order chi connectivity index (χ0) is 11.8. The number of hydrogen-bond acceptors (Lipinski definition) is 4. The molecule has 0 saturated heterocycles. The fourth-order valence-electron chi connectivity index (χ4n) is 2.26.